The van der Waals surface area contributed by atoms with Crippen LogP contribution in [0.4, 0.5) is 5.69 Å². The first kappa shape index (κ1) is 22.4. The molecule has 0 aliphatic heterocycles. The lowest BCUT2D eigenvalue weighted by Crippen LogP contribution is -2.24. The molecular weight excluding hydrogens is 384 g/mol. The van der Waals surface area contributed by atoms with E-state index in [-0.39, 0.29) is 11.7 Å². The van der Waals surface area contributed by atoms with Crippen molar-refractivity contribution in [2.45, 2.75) is 47.1 Å². The number of hydrogen-bond donors (Lipinski definition) is 3. The van der Waals surface area contributed by atoms with Crippen LogP contribution in [-0.2, 0) is 13.0 Å². The first-order valence-corrected chi connectivity index (χ1v) is 10.8. The van der Waals surface area contributed by atoms with Gasteiger partial charge in [-0.05, 0) is 73.2 Å². The van der Waals surface area contributed by atoms with Crippen molar-refractivity contribution < 1.29 is 9.90 Å². The van der Waals surface area contributed by atoms with E-state index >= 15 is 0 Å². The van der Waals surface area contributed by atoms with Crippen LogP contribution in [0.1, 0.15) is 51.5 Å². The molecule has 0 bridgehead atoms. The van der Waals surface area contributed by atoms with Crippen molar-refractivity contribution in [2.24, 2.45) is 0 Å². The van der Waals surface area contributed by atoms with Crippen molar-refractivity contribution in [2.75, 3.05) is 12.4 Å². The minimum absolute atomic E-state index is 0.148. The van der Waals surface area contributed by atoms with Crippen molar-refractivity contribution in [3.05, 3.63) is 81.9 Å². The van der Waals surface area contributed by atoms with Gasteiger partial charge in [-0.3, -0.25) is 4.79 Å². The van der Waals surface area contributed by atoms with Crippen LogP contribution < -0.4 is 10.6 Å². The minimum atomic E-state index is -0.148. The largest absolute Gasteiger partial charge is 0.508 e. The zero-order valence-electron chi connectivity index (χ0n) is 19.1. The van der Waals surface area contributed by atoms with Crippen LogP contribution in [0.15, 0.2) is 48.5 Å². The van der Waals surface area contributed by atoms with Crippen LogP contribution in [0.3, 0.4) is 0 Å². The Bertz CT molecular complexity index is 1090. The second-order valence-electron chi connectivity index (χ2n) is 8.17. The molecule has 1 amide bonds. The van der Waals surface area contributed by atoms with E-state index in [0.29, 0.717) is 12.1 Å². The number of phenols is 1. The van der Waals surface area contributed by atoms with Crippen LogP contribution in [0.2, 0.25) is 0 Å². The van der Waals surface area contributed by atoms with Gasteiger partial charge in [-0.25, -0.2) is 0 Å². The zero-order chi connectivity index (χ0) is 22.5. The molecule has 0 saturated carbocycles. The topological polar surface area (TPSA) is 61.4 Å². The second kappa shape index (κ2) is 9.69. The average molecular weight is 417 g/mol. The predicted molar refractivity (Wildman–Crippen MR) is 129 cm³/mol. The van der Waals surface area contributed by atoms with Gasteiger partial charge in [0, 0.05) is 30.4 Å². The highest BCUT2D eigenvalue weighted by Gasteiger charge is 2.16. The van der Waals surface area contributed by atoms with Crippen molar-refractivity contribution in [3.8, 4) is 16.9 Å². The molecule has 162 valence electrons. The Hall–Kier alpha value is -3.27. The number of hydrogen-bond acceptors (Lipinski definition) is 3. The molecule has 0 atom stereocenters. The number of rotatable bonds is 7. The van der Waals surface area contributed by atoms with Gasteiger partial charge in [0.25, 0.3) is 5.91 Å². The Labute approximate surface area is 185 Å². The van der Waals surface area contributed by atoms with Gasteiger partial charge in [-0.2, -0.15) is 0 Å². The summed E-state index contributed by atoms with van der Waals surface area (Å²) in [5.74, 6) is 0.0928. The lowest BCUT2D eigenvalue weighted by atomic mass is 9.96. The maximum absolute atomic E-state index is 13.2. The number of amides is 1. The number of anilines is 1. The number of carbonyl (C=O) groups is 1. The highest BCUT2D eigenvalue weighted by atomic mass is 16.3. The number of aromatic hydroxyl groups is 1. The third-order valence-electron chi connectivity index (χ3n) is 5.71. The van der Waals surface area contributed by atoms with E-state index in [1.807, 2.05) is 27.0 Å². The predicted octanol–water partition coefficient (Wildman–Crippen LogP) is 5.91. The molecule has 31 heavy (non-hydrogen) atoms. The number of carbonyl (C=O) groups excluding carboxylic acids is 1. The van der Waals surface area contributed by atoms with Crippen molar-refractivity contribution >= 4 is 11.6 Å². The van der Waals surface area contributed by atoms with Gasteiger partial charge in [0.15, 0.2) is 0 Å². The first-order chi connectivity index (χ1) is 14.8. The monoisotopic (exact) mass is 416 g/mol. The molecule has 0 radical (unpaired) electrons. The van der Waals surface area contributed by atoms with Gasteiger partial charge in [-0.15, -0.1) is 0 Å². The maximum atomic E-state index is 13.2. The van der Waals surface area contributed by atoms with E-state index in [1.54, 1.807) is 6.07 Å². The molecule has 3 N–H and O–H groups in total. The fourth-order valence-corrected chi connectivity index (χ4v) is 3.95. The van der Waals surface area contributed by atoms with E-state index in [2.05, 4.69) is 60.9 Å². The maximum Gasteiger partial charge on any atom is 0.251 e. The average Bonchev–Trinajstić information content (AvgIpc) is 2.74. The summed E-state index contributed by atoms with van der Waals surface area (Å²) < 4.78 is 0. The van der Waals surface area contributed by atoms with Gasteiger partial charge in [0.05, 0.1) is 0 Å². The van der Waals surface area contributed by atoms with E-state index in [9.17, 15) is 9.90 Å². The summed E-state index contributed by atoms with van der Waals surface area (Å²) in [5.41, 5.74) is 8.61. The summed E-state index contributed by atoms with van der Waals surface area (Å²) >= 11 is 0. The molecule has 0 aliphatic carbocycles. The highest BCUT2D eigenvalue weighted by Crippen LogP contribution is 2.29. The standard InChI is InChI=1S/C27H32N2O2/c1-6-7-21-12-18(3)13-26(30)24(21)16-29-27(31)23-14-22(15-25(28-5)19(23)4)20-10-8-17(2)9-11-20/h8-15,28,30H,6-7,16H2,1-5H3,(H,29,31). The Balaban J connectivity index is 1.92. The van der Waals surface area contributed by atoms with Crippen molar-refractivity contribution in [3.63, 3.8) is 0 Å². The number of aryl methyl sites for hydroxylation is 3. The molecule has 0 aliphatic rings. The summed E-state index contributed by atoms with van der Waals surface area (Å²) in [7, 11) is 1.87. The van der Waals surface area contributed by atoms with E-state index in [0.717, 1.165) is 51.9 Å². The number of benzene rings is 3. The lowest BCUT2D eigenvalue weighted by Gasteiger charge is -2.16. The third-order valence-corrected chi connectivity index (χ3v) is 5.71. The highest BCUT2D eigenvalue weighted by molar-refractivity contribution is 5.98. The van der Waals surface area contributed by atoms with E-state index in [4.69, 9.17) is 0 Å². The molecular formula is C27H32N2O2. The van der Waals surface area contributed by atoms with E-state index < -0.39 is 0 Å². The molecule has 0 saturated heterocycles. The van der Waals surface area contributed by atoms with Crippen molar-refractivity contribution in [1.82, 2.24) is 5.32 Å². The normalized spacial score (nSPS) is 10.7. The molecule has 0 unspecified atom stereocenters. The van der Waals surface area contributed by atoms with E-state index in [1.165, 1.54) is 5.56 Å². The van der Waals surface area contributed by atoms with Crippen LogP contribution in [0.25, 0.3) is 11.1 Å². The second-order valence-corrected chi connectivity index (χ2v) is 8.17. The molecule has 0 heterocycles. The molecule has 3 aromatic rings. The summed E-state index contributed by atoms with van der Waals surface area (Å²) in [6.45, 7) is 8.39. The third kappa shape index (κ3) is 5.08. The number of nitrogens with one attached hydrogen (secondary N) is 2. The Kier molecular flexibility index (Phi) is 7.01. The summed E-state index contributed by atoms with van der Waals surface area (Å²) in [4.78, 5) is 13.2. The van der Waals surface area contributed by atoms with Crippen LogP contribution in [0, 0.1) is 20.8 Å². The first-order valence-electron chi connectivity index (χ1n) is 10.8. The molecule has 0 aromatic heterocycles. The zero-order valence-corrected chi connectivity index (χ0v) is 19.1. The van der Waals surface area contributed by atoms with Gasteiger partial charge >= 0.3 is 0 Å². The van der Waals surface area contributed by atoms with Crippen LogP contribution in [-0.4, -0.2) is 18.1 Å². The van der Waals surface area contributed by atoms with Crippen LogP contribution >= 0.6 is 0 Å². The Morgan fingerprint density at radius 1 is 0.935 bits per heavy atom. The number of phenolic OH excluding ortho intramolecular Hbond substituents is 1. The molecule has 3 rings (SSSR count). The van der Waals surface area contributed by atoms with Gasteiger partial charge in [0.2, 0.25) is 0 Å². The smallest absolute Gasteiger partial charge is 0.251 e. The van der Waals surface area contributed by atoms with Gasteiger partial charge in [-0.1, -0.05) is 49.2 Å². The quantitative estimate of drug-likeness (QED) is 0.449. The van der Waals surface area contributed by atoms with Gasteiger partial charge < -0.3 is 15.7 Å². The fourth-order valence-electron chi connectivity index (χ4n) is 3.95. The summed E-state index contributed by atoms with van der Waals surface area (Å²) in [6.07, 6.45) is 1.85. The van der Waals surface area contributed by atoms with Crippen LogP contribution in [0.5, 0.6) is 5.75 Å². The summed E-state index contributed by atoms with van der Waals surface area (Å²) in [6, 6.07) is 16.1. The molecule has 0 fully saturated rings. The molecule has 4 heteroatoms. The Morgan fingerprint density at radius 3 is 2.29 bits per heavy atom. The fraction of sp³-hybridized carbons (Fsp3) is 0.296. The van der Waals surface area contributed by atoms with Gasteiger partial charge in [0.1, 0.15) is 5.75 Å². The Morgan fingerprint density at radius 2 is 1.65 bits per heavy atom. The SMILES string of the molecule is CCCc1cc(C)cc(O)c1CNC(=O)c1cc(-c2ccc(C)cc2)cc(NC)c1C. The minimum Gasteiger partial charge on any atom is -0.508 e. The molecule has 3 aromatic carbocycles. The van der Waals surface area contributed by atoms with Crippen molar-refractivity contribution in [1.29, 1.82) is 0 Å². The summed E-state index contributed by atoms with van der Waals surface area (Å²) in [5, 5.41) is 16.7. The molecule has 0 spiro atoms. The lowest BCUT2D eigenvalue weighted by molar-refractivity contribution is 0.0950. The molecule has 4 nitrogen and oxygen atoms in total.